The molecule has 0 aliphatic carbocycles. The molecule has 3 atom stereocenters. The summed E-state index contributed by atoms with van der Waals surface area (Å²) in [4.78, 5) is 64.3. The van der Waals surface area contributed by atoms with Crippen molar-refractivity contribution in [1.82, 2.24) is 16.0 Å². The number of nitrogen functional groups attached to an aromatic ring is 1. The van der Waals surface area contributed by atoms with Crippen molar-refractivity contribution in [3.8, 4) is 0 Å². The first-order chi connectivity index (χ1) is 22.5. The number of aliphatic carboxylic acids is 1. The molecule has 0 fully saturated rings. The largest absolute Gasteiger partial charge is 0.490 e. The Bertz CT molecular complexity index is 1430. The Morgan fingerprint density at radius 3 is 1.88 bits per heavy atom. The van der Waals surface area contributed by atoms with Gasteiger partial charge in [0.05, 0.1) is 0 Å². The SMILES string of the molecule is CNC(=O)C(Cc1ccc(C(=N)N)cc1)C(=O)N[C@@H](CCc1ccccc1)C(=O)N[C@@H](CCCN=C(N)N)C(N)=O.O=C(O)C(F)(F)F. The highest BCUT2D eigenvalue weighted by Crippen LogP contribution is 2.14. The number of carbonyl (C=O) groups excluding carboxylic acids is 4. The second-order valence-electron chi connectivity index (χ2n) is 10.3. The molecule has 0 aromatic heterocycles. The highest BCUT2D eigenvalue weighted by Gasteiger charge is 2.38. The average Bonchev–Trinajstić information content (AvgIpc) is 3.02. The number of rotatable bonds is 16. The molecule has 0 spiro atoms. The van der Waals surface area contributed by atoms with Crippen LogP contribution in [0.2, 0.25) is 0 Å². The van der Waals surface area contributed by atoms with Gasteiger partial charge in [-0.25, -0.2) is 4.79 Å². The first kappa shape index (κ1) is 40.3. The van der Waals surface area contributed by atoms with Gasteiger partial charge in [-0.1, -0.05) is 54.6 Å². The van der Waals surface area contributed by atoms with E-state index in [2.05, 4.69) is 20.9 Å². The van der Waals surface area contributed by atoms with Crippen molar-refractivity contribution in [2.75, 3.05) is 13.6 Å². The second-order valence-corrected chi connectivity index (χ2v) is 10.3. The number of aryl methyl sites for hydroxylation is 1. The third kappa shape index (κ3) is 15.1. The van der Waals surface area contributed by atoms with E-state index in [1.165, 1.54) is 7.05 Å². The summed E-state index contributed by atoms with van der Waals surface area (Å²) in [5.41, 5.74) is 23.8. The lowest BCUT2D eigenvalue weighted by molar-refractivity contribution is -0.192. The number of amides is 4. The van der Waals surface area contributed by atoms with Crippen LogP contribution in [0.15, 0.2) is 59.6 Å². The van der Waals surface area contributed by atoms with Crippen molar-refractivity contribution in [2.24, 2.45) is 33.8 Å². The number of aliphatic imine (C=N–C) groups is 1. The molecule has 262 valence electrons. The Morgan fingerprint density at radius 2 is 1.40 bits per heavy atom. The van der Waals surface area contributed by atoms with Crippen LogP contribution in [0.1, 0.15) is 36.0 Å². The predicted molar refractivity (Wildman–Crippen MR) is 170 cm³/mol. The summed E-state index contributed by atoms with van der Waals surface area (Å²) < 4.78 is 31.7. The number of nitrogens with two attached hydrogens (primary N) is 4. The number of hydrogen-bond donors (Lipinski definition) is 9. The molecule has 0 saturated carbocycles. The van der Waals surface area contributed by atoms with Crippen molar-refractivity contribution in [2.45, 2.75) is 50.4 Å². The number of nitrogens with zero attached hydrogens (tertiary/aromatic N) is 1. The number of primary amides is 1. The number of halogens is 3. The molecule has 48 heavy (non-hydrogen) atoms. The topological polar surface area (TPSA) is 282 Å². The number of hydrogen-bond acceptors (Lipinski definition) is 7. The van der Waals surface area contributed by atoms with Crippen molar-refractivity contribution >= 4 is 41.4 Å². The Balaban J connectivity index is 0.00000148. The number of carboxylic acids is 1. The molecule has 18 heteroatoms. The lowest BCUT2D eigenvalue weighted by Crippen LogP contribution is -2.55. The van der Waals surface area contributed by atoms with E-state index in [0.717, 1.165) is 5.56 Å². The Morgan fingerprint density at radius 1 is 0.833 bits per heavy atom. The normalized spacial score (nSPS) is 12.5. The highest BCUT2D eigenvalue weighted by molar-refractivity contribution is 6.02. The maximum Gasteiger partial charge on any atom is 0.490 e. The fourth-order valence-corrected chi connectivity index (χ4v) is 4.09. The van der Waals surface area contributed by atoms with Gasteiger partial charge in [-0.05, 0) is 43.2 Å². The summed E-state index contributed by atoms with van der Waals surface area (Å²) in [6.07, 6.45) is -3.81. The summed E-state index contributed by atoms with van der Waals surface area (Å²) in [7, 11) is 1.42. The minimum absolute atomic E-state index is 0.0470. The van der Waals surface area contributed by atoms with Crippen LogP contribution < -0.4 is 38.9 Å². The smallest absolute Gasteiger partial charge is 0.475 e. The molecule has 0 aliphatic rings. The Labute approximate surface area is 274 Å². The van der Waals surface area contributed by atoms with Gasteiger partial charge in [-0.3, -0.25) is 29.6 Å². The standard InChI is InChI=1S/C28H39N9O4.C2HF3O2/c1-34-25(39)20(16-18-9-12-19(13-10-18)23(29)30)26(40)37-22(14-11-17-6-3-2-4-7-17)27(41)36-21(24(31)38)8-5-15-35-28(32)33;3-2(4,5)1(6)7/h2-4,6-7,9-10,12-13,20-22H,5,8,11,14-16H2,1H3,(H3,29,30)(H2,31,38)(H,34,39)(H,36,41)(H,37,40)(H4,32,33,35);(H,6,7)/t20?,21-,22-;/m0./s1. The van der Waals surface area contributed by atoms with Crippen LogP contribution in [0, 0.1) is 11.3 Å². The Hall–Kier alpha value is -5.68. The summed E-state index contributed by atoms with van der Waals surface area (Å²) in [5, 5.41) is 22.5. The summed E-state index contributed by atoms with van der Waals surface area (Å²) >= 11 is 0. The maximum absolute atomic E-state index is 13.4. The predicted octanol–water partition coefficient (Wildman–Crippen LogP) is -0.350. The van der Waals surface area contributed by atoms with Gasteiger partial charge in [0.2, 0.25) is 23.6 Å². The lowest BCUT2D eigenvalue weighted by Gasteiger charge is -2.24. The van der Waals surface area contributed by atoms with Crippen molar-refractivity contribution in [3.05, 3.63) is 71.3 Å². The van der Waals surface area contributed by atoms with E-state index in [9.17, 15) is 32.3 Å². The van der Waals surface area contributed by atoms with Gasteiger partial charge in [0, 0.05) is 19.2 Å². The van der Waals surface area contributed by atoms with Crippen LogP contribution in [-0.2, 0) is 36.8 Å². The van der Waals surface area contributed by atoms with Crippen molar-refractivity contribution in [3.63, 3.8) is 0 Å². The highest BCUT2D eigenvalue weighted by atomic mass is 19.4. The minimum Gasteiger partial charge on any atom is -0.475 e. The van der Waals surface area contributed by atoms with Crippen LogP contribution in [-0.4, -0.2) is 78.4 Å². The van der Waals surface area contributed by atoms with E-state index in [-0.39, 0.29) is 37.6 Å². The van der Waals surface area contributed by atoms with Crippen LogP contribution in [0.25, 0.3) is 0 Å². The molecule has 2 aromatic rings. The fourth-order valence-electron chi connectivity index (χ4n) is 4.09. The van der Waals surface area contributed by atoms with E-state index >= 15 is 0 Å². The fraction of sp³-hybridized carbons (Fsp3) is 0.367. The maximum atomic E-state index is 13.4. The van der Waals surface area contributed by atoms with E-state index in [0.29, 0.717) is 24.0 Å². The number of amidine groups is 1. The first-order valence-corrected chi connectivity index (χ1v) is 14.4. The lowest BCUT2D eigenvalue weighted by atomic mass is 9.95. The van der Waals surface area contributed by atoms with Gasteiger partial charge in [-0.15, -0.1) is 0 Å². The van der Waals surface area contributed by atoms with E-state index < -0.39 is 53.8 Å². The number of benzene rings is 2. The van der Waals surface area contributed by atoms with Gasteiger partial charge >= 0.3 is 12.1 Å². The molecule has 13 N–H and O–H groups in total. The molecule has 2 rings (SSSR count). The van der Waals surface area contributed by atoms with Crippen LogP contribution >= 0.6 is 0 Å². The molecule has 2 aromatic carbocycles. The molecule has 15 nitrogen and oxygen atoms in total. The monoisotopic (exact) mass is 679 g/mol. The van der Waals surface area contributed by atoms with E-state index in [1.807, 2.05) is 30.3 Å². The summed E-state index contributed by atoms with van der Waals surface area (Å²) in [5.74, 6) is -6.64. The average molecular weight is 680 g/mol. The molecule has 1 unspecified atom stereocenters. The number of nitrogens with one attached hydrogen (secondary N) is 4. The quantitative estimate of drug-likeness (QED) is 0.0484. The van der Waals surface area contributed by atoms with E-state index in [1.54, 1.807) is 24.3 Å². The molecule has 0 bridgehead atoms. The molecular weight excluding hydrogens is 639 g/mol. The number of carbonyl (C=O) groups is 5. The first-order valence-electron chi connectivity index (χ1n) is 14.4. The molecule has 0 radical (unpaired) electrons. The molecule has 0 aliphatic heterocycles. The van der Waals surface area contributed by atoms with E-state index in [4.69, 9.17) is 38.2 Å². The van der Waals surface area contributed by atoms with Crippen LogP contribution in [0.3, 0.4) is 0 Å². The zero-order valence-electron chi connectivity index (χ0n) is 26.0. The van der Waals surface area contributed by atoms with Gasteiger partial charge in [0.15, 0.2) is 5.96 Å². The third-order valence-electron chi connectivity index (χ3n) is 6.63. The minimum atomic E-state index is -5.08. The third-order valence-corrected chi connectivity index (χ3v) is 6.63. The Kier molecular flexibility index (Phi) is 16.6. The van der Waals surface area contributed by atoms with Crippen molar-refractivity contribution in [1.29, 1.82) is 5.41 Å². The van der Waals surface area contributed by atoms with Crippen LogP contribution in [0.5, 0.6) is 0 Å². The molecule has 0 heterocycles. The number of carboxylic acid groups (broad SMARTS) is 1. The summed E-state index contributed by atoms with van der Waals surface area (Å²) in [6, 6.07) is 13.9. The van der Waals surface area contributed by atoms with Gasteiger partial charge in [0.1, 0.15) is 23.8 Å². The number of guanidine groups is 1. The number of alkyl halides is 3. The summed E-state index contributed by atoms with van der Waals surface area (Å²) in [6.45, 7) is 0.247. The molecule has 0 saturated heterocycles. The second kappa shape index (κ2) is 19.7. The zero-order valence-corrected chi connectivity index (χ0v) is 26.0. The van der Waals surface area contributed by atoms with Gasteiger partial charge in [-0.2, -0.15) is 13.2 Å². The van der Waals surface area contributed by atoms with Crippen LogP contribution in [0.4, 0.5) is 13.2 Å². The molecular formula is C30H40F3N9O6. The van der Waals surface area contributed by atoms with Gasteiger partial charge < -0.3 is 44.0 Å². The molecule has 4 amide bonds. The van der Waals surface area contributed by atoms with Gasteiger partial charge in [0.25, 0.3) is 0 Å². The zero-order chi connectivity index (χ0) is 36.4. The van der Waals surface area contributed by atoms with Crippen molar-refractivity contribution < 1.29 is 42.3 Å².